The number of ketones is 1. The lowest BCUT2D eigenvalue weighted by molar-refractivity contribution is -0.114. The molecule has 1 aliphatic heterocycles. The van der Waals surface area contributed by atoms with Crippen LogP contribution in [0.4, 0.5) is 0 Å². The molecular formula is C19H16N2O. The number of aliphatic imine (C=N–C) groups is 1. The molecule has 0 radical (unpaired) electrons. The zero-order valence-electron chi connectivity index (χ0n) is 12.7. The monoisotopic (exact) mass is 288 g/mol. The van der Waals surface area contributed by atoms with Crippen molar-refractivity contribution in [1.82, 2.24) is 4.98 Å². The highest BCUT2D eigenvalue weighted by atomic mass is 16.1. The molecule has 0 amide bonds. The van der Waals surface area contributed by atoms with Crippen LogP contribution in [0, 0.1) is 6.92 Å². The van der Waals surface area contributed by atoms with E-state index >= 15 is 0 Å². The molecule has 0 spiro atoms. The summed E-state index contributed by atoms with van der Waals surface area (Å²) in [5, 5.41) is 0. The van der Waals surface area contributed by atoms with E-state index in [0.29, 0.717) is 13.0 Å². The molecular weight excluding hydrogens is 272 g/mol. The van der Waals surface area contributed by atoms with Gasteiger partial charge in [0.05, 0.1) is 12.3 Å². The molecule has 0 saturated heterocycles. The Balaban J connectivity index is 1.83. The van der Waals surface area contributed by atoms with Gasteiger partial charge >= 0.3 is 0 Å². The Hall–Kier alpha value is -2.55. The third-order valence-corrected chi connectivity index (χ3v) is 4.36. The molecule has 1 aliphatic carbocycles. The van der Waals surface area contributed by atoms with Gasteiger partial charge in [0.1, 0.15) is 0 Å². The highest BCUT2D eigenvalue weighted by molar-refractivity contribution is 6.16. The maximum atomic E-state index is 11.9. The average Bonchev–Trinajstić information content (AvgIpc) is 2.89. The topological polar surface area (TPSA) is 42.3 Å². The number of allylic oxidation sites excluding steroid dienone is 1. The fraction of sp³-hybridized carbons (Fsp3) is 0.211. The van der Waals surface area contributed by atoms with Crippen molar-refractivity contribution in [3.8, 4) is 0 Å². The fourth-order valence-electron chi connectivity index (χ4n) is 3.17. The van der Waals surface area contributed by atoms with Crippen molar-refractivity contribution in [3.05, 3.63) is 69.5 Å². The second-order valence-corrected chi connectivity index (χ2v) is 5.99. The van der Waals surface area contributed by atoms with Crippen molar-refractivity contribution in [2.24, 2.45) is 4.99 Å². The van der Waals surface area contributed by atoms with Gasteiger partial charge in [-0.3, -0.25) is 14.8 Å². The Morgan fingerprint density at radius 1 is 1.09 bits per heavy atom. The largest absolute Gasteiger partial charge is 0.294 e. The molecule has 108 valence electrons. The molecule has 1 aromatic carbocycles. The first-order valence-corrected chi connectivity index (χ1v) is 7.47. The lowest BCUT2D eigenvalue weighted by Gasteiger charge is -2.15. The second-order valence-electron chi connectivity index (χ2n) is 5.99. The third kappa shape index (κ3) is 2.01. The normalized spacial score (nSPS) is 16.0. The Morgan fingerprint density at radius 2 is 1.95 bits per heavy atom. The number of pyridine rings is 1. The van der Waals surface area contributed by atoms with E-state index in [1.165, 1.54) is 11.1 Å². The van der Waals surface area contributed by atoms with Crippen molar-refractivity contribution in [1.29, 1.82) is 0 Å². The summed E-state index contributed by atoms with van der Waals surface area (Å²) in [4.78, 5) is 20.8. The first-order chi connectivity index (χ1) is 10.6. The summed E-state index contributed by atoms with van der Waals surface area (Å²) in [6.45, 7) is 4.57. The summed E-state index contributed by atoms with van der Waals surface area (Å²) < 4.78 is 0. The predicted molar refractivity (Wildman–Crippen MR) is 87.1 cm³/mol. The number of fused-ring (bicyclic) bond motifs is 2. The summed E-state index contributed by atoms with van der Waals surface area (Å²) in [5.41, 5.74) is 8.64. The molecule has 0 atom stereocenters. The van der Waals surface area contributed by atoms with Gasteiger partial charge in [0, 0.05) is 29.4 Å². The molecule has 1 aromatic heterocycles. The van der Waals surface area contributed by atoms with Gasteiger partial charge in [-0.2, -0.15) is 0 Å². The fourth-order valence-corrected chi connectivity index (χ4v) is 3.17. The summed E-state index contributed by atoms with van der Waals surface area (Å²) in [7, 11) is 0. The molecule has 0 bridgehead atoms. The molecule has 2 aliphatic rings. The van der Waals surface area contributed by atoms with Crippen LogP contribution < -0.4 is 0 Å². The third-order valence-electron chi connectivity index (χ3n) is 4.36. The number of aryl methyl sites for hydroxylation is 1. The average molecular weight is 288 g/mol. The van der Waals surface area contributed by atoms with E-state index in [2.05, 4.69) is 23.2 Å². The number of rotatable bonds is 1. The van der Waals surface area contributed by atoms with Gasteiger partial charge in [0.2, 0.25) is 0 Å². The zero-order valence-corrected chi connectivity index (χ0v) is 12.7. The molecule has 0 saturated carbocycles. The summed E-state index contributed by atoms with van der Waals surface area (Å²) >= 11 is 0. The van der Waals surface area contributed by atoms with Gasteiger partial charge in [0.25, 0.3) is 0 Å². The Kier molecular flexibility index (Phi) is 2.83. The van der Waals surface area contributed by atoms with Crippen molar-refractivity contribution in [2.75, 3.05) is 0 Å². The highest BCUT2D eigenvalue weighted by Crippen LogP contribution is 2.30. The van der Waals surface area contributed by atoms with Crippen LogP contribution >= 0.6 is 0 Å². The van der Waals surface area contributed by atoms with Gasteiger partial charge in [-0.05, 0) is 60.4 Å². The van der Waals surface area contributed by atoms with Crippen LogP contribution in [-0.2, 0) is 17.8 Å². The smallest absolute Gasteiger partial charge is 0.162 e. The number of Topliss-reactive ketones (excluding diaryl/α,β-unsaturated/α-hetero) is 1. The minimum absolute atomic E-state index is 0.219. The van der Waals surface area contributed by atoms with Crippen molar-refractivity contribution >= 4 is 17.6 Å². The van der Waals surface area contributed by atoms with Crippen LogP contribution in [0.2, 0.25) is 0 Å². The maximum Gasteiger partial charge on any atom is 0.162 e. The maximum absolute atomic E-state index is 11.9. The van der Waals surface area contributed by atoms with E-state index in [-0.39, 0.29) is 5.78 Å². The van der Waals surface area contributed by atoms with Gasteiger partial charge in [0.15, 0.2) is 5.78 Å². The molecule has 3 nitrogen and oxygen atoms in total. The molecule has 0 unspecified atom stereocenters. The molecule has 22 heavy (non-hydrogen) atoms. The van der Waals surface area contributed by atoms with Crippen LogP contribution in [0.1, 0.15) is 40.4 Å². The van der Waals surface area contributed by atoms with Crippen molar-refractivity contribution in [3.63, 3.8) is 0 Å². The number of carbonyl (C=O) groups excluding carboxylic acids is 1. The molecule has 0 fully saturated rings. The van der Waals surface area contributed by atoms with Crippen LogP contribution in [0.15, 0.2) is 41.0 Å². The molecule has 3 heteroatoms. The minimum atomic E-state index is 0.219. The first kappa shape index (κ1) is 13.1. The number of hydrogen-bond donors (Lipinski definition) is 0. The number of benzene rings is 1. The number of nitrogens with zero attached hydrogens (tertiary/aromatic N) is 2. The van der Waals surface area contributed by atoms with Gasteiger partial charge in [-0.15, -0.1) is 0 Å². The number of hydrogen-bond acceptors (Lipinski definition) is 3. The summed E-state index contributed by atoms with van der Waals surface area (Å²) in [6, 6.07) is 8.40. The lowest BCUT2D eigenvalue weighted by Crippen LogP contribution is -2.12. The molecule has 2 heterocycles. The Bertz CT molecular complexity index is 875. The van der Waals surface area contributed by atoms with Crippen molar-refractivity contribution < 1.29 is 4.79 Å². The van der Waals surface area contributed by atoms with Gasteiger partial charge < -0.3 is 0 Å². The minimum Gasteiger partial charge on any atom is -0.294 e. The number of aromatic nitrogens is 1. The SMILES string of the molecule is CC1=Cc2cc3c(cc2CC1=O)CN=C3c1ccnc(C)c1. The zero-order chi connectivity index (χ0) is 15.3. The van der Waals surface area contributed by atoms with Gasteiger partial charge in [-0.25, -0.2) is 0 Å². The summed E-state index contributed by atoms with van der Waals surface area (Å²) in [5.74, 6) is 0.219. The first-order valence-electron chi connectivity index (χ1n) is 7.47. The van der Waals surface area contributed by atoms with E-state index in [1.54, 1.807) is 0 Å². The number of carbonyl (C=O) groups is 1. The van der Waals surface area contributed by atoms with E-state index in [1.807, 2.05) is 32.2 Å². The van der Waals surface area contributed by atoms with E-state index in [0.717, 1.165) is 33.7 Å². The quantitative estimate of drug-likeness (QED) is 0.808. The predicted octanol–water partition coefficient (Wildman–Crippen LogP) is 3.27. The van der Waals surface area contributed by atoms with Crippen LogP contribution in [-0.4, -0.2) is 16.5 Å². The second kappa shape index (κ2) is 4.73. The van der Waals surface area contributed by atoms with Crippen LogP contribution in [0.3, 0.4) is 0 Å². The van der Waals surface area contributed by atoms with Gasteiger partial charge in [-0.1, -0.05) is 6.07 Å². The molecule has 2 aromatic rings. The molecule has 4 rings (SSSR count). The van der Waals surface area contributed by atoms with Crippen molar-refractivity contribution in [2.45, 2.75) is 26.8 Å². The van der Waals surface area contributed by atoms with Crippen LogP contribution in [0.25, 0.3) is 6.08 Å². The summed E-state index contributed by atoms with van der Waals surface area (Å²) in [6.07, 6.45) is 4.33. The Morgan fingerprint density at radius 3 is 2.77 bits per heavy atom. The van der Waals surface area contributed by atoms with E-state index in [4.69, 9.17) is 4.99 Å². The standard InChI is InChI=1S/C19H16N2O/c1-11-5-14-8-17-16(7-15(14)9-18(11)22)10-21-19(17)13-3-4-20-12(2)6-13/h3-8H,9-10H2,1-2H3. The highest BCUT2D eigenvalue weighted by Gasteiger charge is 2.23. The Labute approximate surface area is 129 Å². The van der Waals surface area contributed by atoms with E-state index in [9.17, 15) is 4.79 Å². The van der Waals surface area contributed by atoms with E-state index < -0.39 is 0 Å². The van der Waals surface area contributed by atoms with Crippen LogP contribution in [0.5, 0.6) is 0 Å². The molecule has 0 N–H and O–H groups in total. The lowest BCUT2D eigenvalue weighted by atomic mass is 9.87.